The molecule has 12 nitrogen and oxygen atoms in total. The summed E-state index contributed by atoms with van der Waals surface area (Å²) in [7, 11) is 0. The van der Waals surface area contributed by atoms with Crippen molar-refractivity contribution in [3.63, 3.8) is 0 Å². The van der Waals surface area contributed by atoms with E-state index in [1.807, 2.05) is 13.0 Å². The molecule has 3 heterocycles. The van der Waals surface area contributed by atoms with Crippen molar-refractivity contribution in [2.75, 3.05) is 13.2 Å². The maximum absolute atomic E-state index is 13.7. The van der Waals surface area contributed by atoms with Crippen LogP contribution in [0.1, 0.15) is 110 Å². The molecule has 0 N–H and O–H groups in total. The molecule has 262 valence electrons. The van der Waals surface area contributed by atoms with Crippen molar-refractivity contribution < 1.29 is 37.0 Å². The highest BCUT2D eigenvalue weighted by Crippen LogP contribution is 2.32. The van der Waals surface area contributed by atoms with Crippen LogP contribution in [-0.4, -0.2) is 72.3 Å². The minimum atomic E-state index is -4.69. The van der Waals surface area contributed by atoms with Gasteiger partial charge in [0.15, 0.2) is 11.4 Å². The van der Waals surface area contributed by atoms with Crippen LogP contribution in [0.2, 0.25) is 5.02 Å². The van der Waals surface area contributed by atoms with E-state index in [1.54, 1.807) is 46.4 Å². The van der Waals surface area contributed by atoms with Crippen LogP contribution in [0.25, 0.3) is 0 Å². The Balaban J connectivity index is 1.71. The molecule has 1 aliphatic heterocycles. The van der Waals surface area contributed by atoms with E-state index in [2.05, 4.69) is 9.97 Å². The Hall–Kier alpha value is -4.71. The van der Waals surface area contributed by atoms with Crippen LogP contribution in [0.5, 0.6) is 0 Å². The summed E-state index contributed by atoms with van der Waals surface area (Å²) in [5, 5.41) is 14.4. The van der Waals surface area contributed by atoms with Crippen LogP contribution in [0.4, 0.5) is 18.0 Å². The van der Waals surface area contributed by atoms with Crippen molar-refractivity contribution in [3.8, 4) is 6.07 Å². The van der Waals surface area contributed by atoms with Gasteiger partial charge < -0.3 is 14.4 Å². The van der Waals surface area contributed by atoms with Gasteiger partial charge in [-0.3, -0.25) is 19.4 Å². The zero-order chi connectivity index (χ0) is 36.4. The molecular weight excluding hydrogens is 667 g/mol. The number of alkyl halides is 3. The summed E-state index contributed by atoms with van der Waals surface area (Å²) in [4.78, 5) is 50.9. The number of fused-ring (bicyclic) bond motifs is 1. The quantitative estimate of drug-likeness (QED) is 0.239. The number of esters is 1. The van der Waals surface area contributed by atoms with Gasteiger partial charge in [0.2, 0.25) is 0 Å². The minimum absolute atomic E-state index is 0.00798. The summed E-state index contributed by atoms with van der Waals surface area (Å²) in [6.07, 6.45) is -3.61. The fourth-order valence-electron chi connectivity index (χ4n) is 5.41. The Kier molecular flexibility index (Phi) is 10.9. The average molecular weight is 704 g/mol. The first-order valence-corrected chi connectivity index (χ1v) is 15.9. The van der Waals surface area contributed by atoms with Gasteiger partial charge in [-0.1, -0.05) is 11.6 Å². The second-order valence-electron chi connectivity index (χ2n) is 12.7. The Bertz CT molecular complexity index is 1770. The molecule has 49 heavy (non-hydrogen) atoms. The minimum Gasteiger partial charge on any atom is -0.461 e. The van der Waals surface area contributed by atoms with Crippen LogP contribution in [0.15, 0.2) is 30.6 Å². The third kappa shape index (κ3) is 8.30. The van der Waals surface area contributed by atoms with E-state index in [0.717, 1.165) is 6.20 Å². The fraction of sp³-hybridized carbons (Fsp3) is 0.485. The molecule has 0 aliphatic carbocycles. The molecule has 3 atom stereocenters. The fourth-order valence-corrected chi connectivity index (χ4v) is 5.57. The van der Waals surface area contributed by atoms with E-state index in [9.17, 15) is 32.8 Å². The van der Waals surface area contributed by atoms with Gasteiger partial charge in [0.25, 0.3) is 5.91 Å². The first-order chi connectivity index (χ1) is 22.9. The molecule has 0 saturated heterocycles. The van der Waals surface area contributed by atoms with Gasteiger partial charge >= 0.3 is 18.2 Å². The van der Waals surface area contributed by atoms with Gasteiger partial charge in [0.05, 0.1) is 59.6 Å². The summed E-state index contributed by atoms with van der Waals surface area (Å²) in [5.41, 5.74) is -0.474. The van der Waals surface area contributed by atoms with Gasteiger partial charge in [-0.2, -0.15) is 23.5 Å². The van der Waals surface area contributed by atoms with Crippen molar-refractivity contribution in [2.24, 2.45) is 0 Å². The molecule has 1 unspecified atom stereocenters. The summed E-state index contributed by atoms with van der Waals surface area (Å²) in [6, 6.07) is 4.46. The largest absolute Gasteiger partial charge is 0.461 e. The molecule has 1 aromatic carbocycles. The molecule has 16 heteroatoms. The monoisotopic (exact) mass is 703 g/mol. The number of hydrogen-bond donors (Lipinski definition) is 0. The van der Waals surface area contributed by atoms with E-state index in [0.29, 0.717) is 23.9 Å². The number of hydrogen-bond acceptors (Lipinski definition) is 9. The molecule has 4 rings (SSSR count). The Morgan fingerprint density at radius 1 is 1.16 bits per heavy atom. The normalized spacial score (nSPS) is 15.9. The van der Waals surface area contributed by atoms with Gasteiger partial charge in [0.1, 0.15) is 11.7 Å². The van der Waals surface area contributed by atoms with Crippen LogP contribution < -0.4 is 0 Å². The standard InChI is InChI=1S/C33H37ClF3N7O5/c1-8-48-30(46)28-23-17-42(29(45)21-9-10-24(34)22(12-21)13-38)18(2)11-25(23)41-44(28)19(3)16-43(31(47)49-32(5,6)7)20(4)26-14-40-27(15-39-26)33(35,36)37/h9-10,12,14-15,18-20H,8,11,16-17H2,1-7H3/t18-,19-,20?/m1/s1. The number of aromatic nitrogens is 4. The lowest BCUT2D eigenvalue weighted by Gasteiger charge is -2.33. The van der Waals surface area contributed by atoms with E-state index >= 15 is 0 Å². The molecule has 0 saturated carbocycles. The molecule has 3 aromatic rings. The lowest BCUT2D eigenvalue weighted by molar-refractivity contribution is -0.141. The summed E-state index contributed by atoms with van der Waals surface area (Å²) < 4.78 is 52.0. The predicted octanol–water partition coefficient (Wildman–Crippen LogP) is 6.54. The van der Waals surface area contributed by atoms with Gasteiger partial charge in [-0.25, -0.2) is 14.6 Å². The van der Waals surface area contributed by atoms with Gasteiger partial charge in [-0.15, -0.1) is 0 Å². The summed E-state index contributed by atoms with van der Waals surface area (Å²) >= 11 is 6.07. The number of benzene rings is 1. The average Bonchev–Trinajstić information content (AvgIpc) is 3.40. The van der Waals surface area contributed by atoms with Crippen LogP contribution in [0, 0.1) is 11.3 Å². The third-order valence-electron chi connectivity index (χ3n) is 7.87. The smallest absolute Gasteiger partial charge is 0.434 e. The Labute approximate surface area is 286 Å². The second-order valence-corrected chi connectivity index (χ2v) is 13.1. The van der Waals surface area contributed by atoms with Crippen molar-refractivity contribution in [1.29, 1.82) is 5.26 Å². The first-order valence-electron chi connectivity index (χ1n) is 15.5. The highest BCUT2D eigenvalue weighted by molar-refractivity contribution is 6.31. The van der Waals surface area contributed by atoms with E-state index in [1.165, 1.54) is 27.8 Å². The van der Waals surface area contributed by atoms with Gasteiger partial charge in [0, 0.05) is 30.1 Å². The van der Waals surface area contributed by atoms with Crippen LogP contribution in [0.3, 0.4) is 0 Å². The first kappa shape index (κ1) is 37.1. The molecule has 0 fully saturated rings. The molecule has 0 spiro atoms. The van der Waals surface area contributed by atoms with Crippen molar-refractivity contribution in [1.82, 2.24) is 29.5 Å². The van der Waals surface area contributed by atoms with Crippen molar-refractivity contribution in [2.45, 2.75) is 91.3 Å². The zero-order valence-corrected chi connectivity index (χ0v) is 28.9. The zero-order valence-electron chi connectivity index (χ0n) is 28.1. The number of rotatable bonds is 8. The predicted molar refractivity (Wildman–Crippen MR) is 170 cm³/mol. The lowest BCUT2D eigenvalue weighted by Crippen LogP contribution is -2.43. The number of amides is 2. The Morgan fingerprint density at radius 2 is 1.86 bits per heavy atom. The number of carbonyl (C=O) groups excluding carboxylic acids is 3. The molecule has 2 aromatic heterocycles. The second kappa shape index (κ2) is 14.4. The SMILES string of the molecule is CCOC(=O)c1c2c(nn1[C@H](C)CN(C(=O)OC(C)(C)C)C(C)c1cnc(C(F)(F)F)cn1)C[C@@H](C)N(C(=O)c1ccc(Cl)c(C#N)c1)C2. The third-order valence-corrected chi connectivity index (χ3v) is 8.20. The number of nitrogens with zero attached hydrogens (tertiary/aromatic N) is 7. The summed E-state index contributed by atoms with van der Waals surface area (Å²) in [6.45, 7) is 11.8. The van der Waals surface area contributed by atoms with Crippen molar-refractivity contribution >= 4 is 29.6 Å². The Morgan fingerprint density at radius 3 is 2.43 bits per heavy atom. The molecule has 2 amide bonds. The van der Waals surface area contributed by atoms with Crippen molar-refractivity contribution in [3.05, 3.63) is 75.1 Å². The molecule has 1 aliphatic rings. The molecular formula is C33H37ClF3N7O5. The summed E-state index contributed by atoms with van der Waals surface area (Å²) in [5.74, 6) is -1.06. The van der Waals surface area contributed by atoms with Crippen LogP contribution >= 0.6 is 11.6 Å². The number of nitriles is 1. The van der Waals surface area contributed by atoms with Crippen LogP contribution in [-0.2, 0) is 28.6 Å². The highest BCUT2D eigenvalue weighted by atomic mass is 35.5. The topological polar surface area (TPSA) is 144 Å². The molecule has 0 bridgehead atoms. The number of carbonyl (C=O) groups is 3. The number of halogens is 4. The maximum atomic E-state index is 13.7. The van der Waals surface area contributed by atoms with E-state index in [4.69, 9.17) is 26.2 Å². The van der Waals surface area contributed by atoms with E-state index in [-0.39, 0.29) is 59.2 Å². The van der Waals surface area contributed by atoms with Gasteiger partial charge in [-0.05, 0) is 66.7 Å². The molecule has 0 radical (unpaired) electrons. The number of ether oxygens (including phenoxy) is 2. The maximum Gasteiger partial charge on any atom is 0.434 e. The highest BCUT2D eigenvalue weighted by Gasteiger charge is 2.38. The lowest BCUT2D eigenvalue weighted by atomic mass is 9.98. The van der Waals surface area contributed by atoms with E-state index < -0.39 is 41.6 Å².